The zero-order valence-electron chi connectivity index (χ0n) is 13.2. The minimum Gasteiger partial charge on any atom is -0.375 e. The normalized spacial score (nSPS) is 30.4. The van der Waals surface area contributed by atoms with Gasteiger partial charge >= 0.3 is 0 Å². The predicted octanol–water partition coefficient (Wildman–Crippen LogP) is 2.59. The summed E-state index contributed by atoms with van der Waals surface area (Å²) in [7, 11) is 0. The van der Waals surface area contributed by atoms with Crippen molar-refractivity contribution < 1.29 is 9.13 Å². The molecule has 0 amide bonds. The maximum atomic E-state index is 13.0. The first-order valence-corrected chi connectivity index (χ1v) is 8.54. The van der Waals surface area contributed by atoms with Gasteiger partial charge in [0.2, 0.25) is 0 Å². The van der Waals surface area contributed by atoms with Crippen molar-refractivity contribution in [2.75, 3.05) is 26.2 Å². The lowest BCUT2D eigenvalue weighted by Gasteiger charge is -2.38. The van der Waals surface area contributed by atoms with Gasteiger partial charge in [-0.15, -0.1) is 0 Å². The molecule has 0 saturated carbocycles. The standard InChI is InChI=1S/C18H27FN2O/c19-16-7-5-14(6-8-16)11-15-3-1-9-21(12-15)13-18-17(20)4-2-10-22-18/h5-8,15,17-18H,1-4,9-13,20H2/t15-,17+,18+/m0/s1. The van der Waals surface area contributed by atoms with Crippen molar-refractivity contribution in [3.05, 3.63) is 35.6 Å². The molecule has 2 heterocycles. The molecular formula is C18H27FN2O. The minimum absolute atomic E-state index is 0.155. The van der Waals surface area contributed by atoms with Crippen LogP contribution in [0.3, 0.4) is 0 Å². The fourth-order valence-corrected chi connectivity index (χ4v) is 3.74. The SMILES string of the molecule is N[C@@H]1CCCO[C@@H]1CN1CCC[C@@H](Cc2ccc(F)cc2)C1. The Kier molecular flexibility index (Phi) is 5.45. The maximum absolute atomic E-state index is 13.0. The molecule has 0 aromatic heterocycles. The number of nitrogens with zero attached hydrogens (tertiary/aromatic N) is 1. The van der Waals surface area contributed by atoms with Crippen molar-refractivity contribution in [2.45, 2.75) is 44.2 Å². The van der Waals surface area contributed by atoms with Crippen LogP contribution in [-0.4, -0.2) is 43.3 Å². The van der Waals surface area contributed by atoms with Gasteiger partial charge in [-0.25, -0.2) is 4.39 Å². The van der Waals surface area contributed by atoms with Gasteiger partial charge in [0.15, 0.2) is 0 Å². The van der Waals surface area contributed by atoms with Gasteiger partial charge in [-0.3, -0.25) is 0 Å². The van der Waals surface area contributed by atoms with Crippen LogP contribution < -0.4 is 5.73 Å². The smallest absolute Gasteiger partial charge is 0.123 e. The molecule has 3 atom stereocenters. The van der Waals surface area contributed by atoms with Crippen LogP contribution in [0.5, 0.6) is 0 Å². The number of hydrogen-bond acceptors (Lipinski definition) is 3. The molecule has 2 aliphatic rings. The van der Waals surface area contributed by atoms with Crippen LogP contribution in [0.4, 0.5) is 4.39 Å². The average Bonchev–Trinajstić information content (AvgIpc) is 2.52. The summed E-state index contributed by atoms with van der Waals surface area (Å²) in [5.41, 5.74) is 7.42. The Hall–Kier alpha value is -0.970. The molecule has 2 N–H and O–H groups in total. The van der Waals surface area contributed by atoms with Crippen molar-refractivity contribution in [2.24, 2.45) is 11.7 Å². The predicted molar refractivity (Wildman–Crippen MR) is 86.2 cm³/mol. The summed E-state index contributed by atoms with van der Waals surface area (Å²) in [5.74, 6) is 0.497. The first-order chi connectivity index (χ1) is 10.7. The third-order valence-electron chi connectivity index (χ3n) is 4.97. The van der Waals surface area contributed by atoms with Crippen molar-refractivity contribution in [3.63, 3.8) is 0 Å². The molecule has 0 spiro atoms. The quantitative estimate of drug-likeness (QED) is 0.929. The Morgan fingerprint density at radius 3 is 2.77 bits per heavy atom. The van der Waals surface area contributed by atoms with E-state index in [4.69, 9.17) is 10.5 Å². The van der Waals surface area contributed by atoms with Crippen LogP contribution in [0.2, 0.25) is 0 Å². The largest absolute Gasteiger partial charge is 0.375 e. The van der Waals surface area contributed by atoms with E-state index in [-0.39, 0.29) is 18.0 Å². The molecule has 2 aliphatic heterocycles. The monoisotopic (exact) mass is 306 g/mol. The maximum Gasteiger partial charge on any atom is 0.123 e. The number of ether oxygens (including phenoxy) is 1. The lowest BCUT2D eigenvalue weighted by atomic mass is 9.90. The molecule has 122 valence electrons. The second kappa shape index (κ2) is 7.53. The van der Waals surface area contributed by atoms with Crippen molar-refractivity contribution in [1.82, 2.24) is 4.90 Å². The first-order valence-electron chi connectivity index (χ1n) is 8.54. The molecule has 0 unspecified atom stereocenters. The van der Waals surface area contributed by atoms with E-state index in [2.05, 4.69) is 4.90 Å². The fraction of sp³-hybridized carbons (Fsp3) is 0.667. The Balaban J connectivity index is 1.51. The topological polar surface area (TPSA) is 38.5 Å². The van der Waals surface area contributed by atoms with Crippen LogP contribution in [0.15, 0.2) is 24.3 Å². The number of rotatable bonds is 4. The Morgan fingerprint density at radius 2 is 2.00 bits per heavy atom. The lowest BCUT2D eigenvalue weighted by Crippen LogP contribution is -2.49. The fourth-order valence-electron chi connectivity index (χ4n) is 3.74. The highest BCUT2D eigenvalue weighted by atomic mass is 19.1. The molecule has 0 aliphatic carbocycles. The van der Waals surface area contributed by atoms with Crippen molar-refractivity contribution in [3.8, 4) is 0 Å². The Labute approximate surface area is 132 Å². The van der Waals surface area contributed by atoms with Gasteiger partial charge in [-0.05, 0) is 62.3 Å². The number of nitrogens with two attached hydrogens (primary N) is 1. The van der Waals surface area contributed by atoms with E-state index >= 15 is 0 Å². The second-order valence-electron chi connectivity index (χ2n) is 6.81. The Morgan fingerprint density at radius 1 is 1.18 bits per heavy atom. The summed E-state index contributed by atoms with van der Waals surface area (Å²) >= 11 is 0. The van der Waals surface area contributed by atoms with Gasteiger partial charge in [0, 0.05) is 25.7 Å². The van der Waals surface area contributed by atoms with Gasteiger partial charge in [-0.2, -0.15) is 0 Å². The average molecular weight is 306 g/mol. The van der Waals surface area contributed by atoms with E-state index in [1.165, 1.54) is 18.4 Å². The van der Waals surface area contributed by atoms with E-state index in [1.54, 1.807) is 12.1 Å². The summed E-state index contributed by atoms with van der Waals surface area (Å²) in [5, 5.41) is 0. The number of piperidine rings is 1. The molecule has 2 fully saturated rings. The number of likely N-dealkylation sites (tertiary alicyclic amines) is 1. The highest BCUT2D eigenvalue weighted by Gasteiger charge is 2.27. The molecule has 3 rings (SSSR count). The zero-order valence-corrected chi connectivity index (χ0v) is 13.2. The van der Waals surface area contributed by atoms with Gasteiger partial charge in [0.1, 0.15) is 5.82 Å². The number of hydrogen-bond donors (Lipinski definition) is 1. The molecule has 4 heteroatoms. The third-order valence-corrected chi connectivity index (χ3v) is 4.97. The summed E-state index contributed by atoms with van der Waals surface area (Å²) in [6.07, 6.45) is 5.88. The minimum atomic E-state index is -0.155. The number of halogens is 1. The highest BCUT2D eigenvalue weighted by molar-refractivity contribution is 5.16. The molecule has 0 bridgehead atoms. The van der Waals surface area contributed by atoms with E-state index in [0.29, 0.717) is 5.92 Å². The summed E-state index contributed by atoms with van der Waals surface area (Å²) in [6, 6.07) is 7.13. The molecule has 1 aromatic rings. The van der Waals surface area contributed by atoms with Crippen LogP contribution in [0.25, 0.3) is 0 Å². The van der Waals surface area contributed by atoms with Crippen LogP contribution >= 0.6 is 0 Å². The summed E-state index contributed by atoms with van der Waals surface area (Å²) in [4.78, 5) is 2.51. The molecule has 2 saturated heterocycles. The van der Waals surface area contributed by atoms with Gasteiger partial charge in [-0.1, -0.05) is 12.1 Å². The van der Waals surface area contributed by atoms with E-state index in [1.807, 2.05) is 12.1 Å². The van der Waals surface area contributed by atoms with Crippen molar-refractivity contribution in [1.29, 1.82) is 0 Å². The van der Waals surface area contributed by atoms with E-state index in [9.17, 15) is 4.39 Å². The highest BCUT2D eigenvalue weighted by Crippen LogP contribution is 2.23. The molecular weight excluding hydrogens is 279 g/mol. The van der Waals surface area contributed by atoms with Crippen LogP contribution in [0, 0.1) is 11.7 Å². The van der Waals surface area contributed by atoms with Crippen LogP contribution in [-0.2, 0) is 11.2 Å². The lowest BCUT2D eigenvalue weighted by molar-refractivity contribution is -0.0248. The molecule has 3 nitrogen and oxygen atoms in total. The van der Waals surface area contributed by atoms with Gasteiger partial charge in [0.25, 0.3) is 0 Å². The van der Waals surface area contributed by atoms with Gasteiger partial charge < -0.3 is 15.4 Å². The first kappa shape index (κ1) is 15.9. The summed E-state index contributed by atoms with van der Waals surface area (Å²) < 4.78 is 18.8. The molecule has 22 heavy (non-hydrogen) atoms. The third kappa shape index (κ3) is 4.28. The van der Waals surface area contributed by atoms with Crippen LogP contribution in [0.1, 0.15) is 31.2 Å². The van der Waals surface area contributed by atoms with Crippen molar-refractivity contribution >= 4 is 0 Å². The van der Waals surface area contributed by atoms with E-state index < -0.39 is 0 Å². The van der Waals surface area contributed by atoms with Gasteiger partial charge in [0.05, 0.1) is 6.10 Å². The molecule has 1 aromatic carbocycles. The molecule has 0 radical (unpaired) electrons. The number of benzene rings is 1. The van der Waals surface area contributed by atoms with E-state index in [0.717, 1.165) is 45.5 Å². The Bertz CT molecular complexity index is 465. The summed E-state index contributed by atoms with van der Waals surface area (Å²) in [6.45, 7) is 4.06. The second-order valence-corrected chi connectivity index (χ2v) is 6.81. The zero-order chi connectivity index (χ0) is 15.4.